The minimum Gasteiger partial charge on any atom is -0.480 e. The number of halogens is 1. The van der Waals surface area contributed by atoms with Gasteiger partial charge in [0.1, 0.15) is 18.6 Å². The summed E-state index contributed by atoms with van der Waals surface area (Å²) in [6, 6.07) is 5.71. The number of nitrogens with one attached hydrogen (secondary N) is 2. The predicted molar refractivity (Wildman–Crippen MR) is 113 cm³/mol. The summed E-state index contributed by atoms with van der Waals surface area (Å²) < 4.78 is 1.08. The van der Waals surface area contributed by atoms with Crippen molar-refractivity contribution in [2.75, 3.05) is 12.3 Å². The van der Waals surface area contributed by atoms with Crippen molar-refractivity contribution in [3.05, 3.63) is 33.4 Å². The Balaban J connectivity index is 2.61. The second-order valence-electron chi connectivity index (χ2n) is 5.86. The molecule has 0 aliphatic rings. The van der Waals surface area contributed by atoms with E-state index in [2.05, 4.69) is 33.2 Å². The van der Waals surface area contributed by atoms with Crippen molar-refractivity contribution in [1.29, 1.82) is 0 Å². The fourth-order valence-corrected chi connectivity index (χ4v) is 3.68. The molecule has 0 fully saturated rings. The molecule has 0 saturated heterocycles. The van der Waals surface area contributed by atoms with Gasteiger partial charge in [-0.05, 0) is 46.7 Å². The lowest BCUT2D eigenvalue weighted by Gasteiger charge is -2.18. The van der Waals surface area contributed by atoms with E-state index in [-0.39, 0.29) is 18.6 Å². The van der Waals surface area contributed by atoms with Crippen molar-refractivity contribution in [3.63, 3.8) is 0 Å². The molecule has 0 spiro atoms. The molecule has 0 heterocycles. The predicted octanol–water partition coefficient (Wildman–Crippen LogP) is 0.402. The van der Waals surface area contributed by atoms with Crippen LogP contribution < -0.4 is 16.4 Å². The molecule has 0 aliphatic carbocycles. The van der Waals surface area contributed by atoms with E-state index < -0.39 is 42.4 Å². The average molecular weight is 523 g/mol. The molecule has 2 atom stereocenters. The van der Waals surface area contributed by atoms with Crippen LogP contribution in [0.4, 0.5) is 0 Å². The summed E-state index contributed by atoms with van der Waals surface area (Å²) in [6.07, 6.45) is -0.224. The quantitative estimate of drug-likeness (QED) is 0.246. The summed E-state index contributed by atoms with van der Waals surface area (Å²) in [5, 5.41) is 22.2. The van der Waals surface area contributed by atoms with E-state index in [1.54, 1.807) is 0 Å². The van der Waals surface area contributed by atoms with Crippen LogP contribution in [0.1, 0.15) is 18.4 Å². The van der Waals surface area contributed by atoms with Crippen LogP contribution in [-0.2, 0) is 24.9 Å². The minimum atomic E-state index is -1.21. The maximum atomic E-state index is 12.2. The zero-order chi connectivity index (χ0) is 21.1. The Morgan fingerprint density at radius 1 is 1.21 bits per heavy atom. The molecule has 0 aromatic heterocycles. The SMILES string of the molecule is N[C@@H](CCC(=O)N[C@@H](CSCc1cccc(I)c1)C(=O)NCC(=O)O)C(=O)O. The number of carbonyl (C=O) groups is 4. The Bertz CT molecular complexity index is 718. The number of carbonyl (C=O) groups excluding carboxylic acids is 2. The third kappa shape index (κ3) is 9.90. The highest BCUT2D eigenvalue weighted by Crippen LogP contribution is 2.16. The fourth-order valence-electron chi connectivity index (χ4n) is 2.07. The molecular formula is C17H22IN3O6S. The zero-order valence-electron chi connectivity index (χ0n) is 14.9. The van der Waals surface area contributed by atoms with Crippen molar-refractivity contribution < 1.29 is 29.4 Å². The Morgan fingerprint density at radius 3 is 2.54 bits per heavy atom. The Hall–Kier alpha value is -1.86. The first-order valence-electron chi connectivity index (χ1n) is 8.28. The summed E-state index contributed by atoms with van der Waals surface area (Å²) in [6.45, 7) is -0.559. The lowest BCUT2D eigenvalue weighted by molar-refractivity contribution is -0.139. The summed E-state index contributed by atoms with van der Waals surface area (Å²) in [7, 11) is 0. The van der Waals surface area contributed by atoms with Crippen LogP contribution in [0.3, 0.4) is 0 Å². The average Bonchev–Trinajstić information content (AvgIpc) is 2.63. The van der Waals surface area contributed by atoms with Crippen LogP contribution in [0.25, 0.3) is 0 Å². The number of carboxylic acid groups (broad SMARTS) is 2. The number of amides is 2. The third-order valence-corrected chi connectivity index (χ3v) is 5.28. The van der Waals surface area contributed by atoms with Gasteiger partial charge in [0.2, 0.25) is 11.8 Å². The van der Waals surface area contributed by atoms with E-state index in [0.717, 1.165) is 9.13 Å². The van der Waals surface area contributed by atoms with Crippen molar-refractivity contribution in [3.8, 4) is 0 Å². The largest absolute Gasteiger partial charge is 0.480 e. The first kappa shape index (κ1) is 24.2. The highest BCUT2D eigenvalue weighted by atomic mass is 127. The molecule has 0 aliphatic heterocycles. The van der Waals surface area contributed by atoms with Crippen LogP contribution in [0.15, 0.2) is 24.3 Å². The van der Waals surface area contributed by atoms with E-state index in [1.807, 2.05) is 24.3 Å². The molecule has 154 valence electrons. The Labute approximate surface area is 180 Å². The van der Waals surface area contributed by atoms with Crippen LogP contribution in [0, 0.1) is 3.57 Å². The number of benzene rings is 1. The van der Waals surface area contributed by atoms with Crippen molar-refractivity contribution in [2.24, 2.45) is 5.73 Å². The van der Waals surface area contributed by atoms with Crippen LogP contribution >= 0.6 is 34.4 Å². The lowest BCUT2D eigenvalue weighted by atomic mass is 10.1. The van der Waals surface area contributed by atoms with Gasteiger partial charge in [-0.15, -0.1) is 0 Å². The number of hydrogen-bond acceptors (Lipinski definition) is 6. The molecule has 2 amide bonds. The topological polar surface area (TPSA) is 159 Å². The van der Waals surface area contributed by atoms with E-state index in [0.29, 0.717) is 5.75 Å². The molecular weight excluding hydrogens is 501 g/mol. The molecule has 6 N–H and O–H groups in total. The monoisotopic (exact) mass is 523 g/mol. The molecule has 28 heavy (non-hydrogen) atoms. The molecule has 0 bridgehead atoms. The lowest BCUT2D eigenvalue weighted by Crippen LogP contribution is -2.49. The molecule has 1 aromatic carbocycles. The molecule has 11 heteroatoms. The molecule has 0 saturated carbocycles. The van der Waals surface area contributed by atoms with E-state index in [1.165, 1.54) is 11.8 Å². The van der Waals surface area contributed by atoms with Crippen molar-refractivity contribution in [1.82, 2.24) is 10.6 Å². The van der Waals surface area contributed by atoms with Crippen LogP contribution in [-0.4, -0.2) is 58.3 Å². The Kier molecular flexibility index (Phi) is 10.9. The van der Waals surface area contributed by atoms with Gasteiger partial charge in [0.05, 0.1) is 0 Å². The van der Waals surface area contributed by atoms with E-state index in [9.17, 15) is 19.2 Å². The smallest absolute Gasteiger partial charge is 0.322 e. The second kappa shape index (κ2) is 12.6. The van der Waals surface area contributed by atoms with Gasteiger partial charge in [0.15, 0.2) is 0 Å². The summed E-state index contributed by atoms with van der Waals surface area (Å²) in [5.41, 5.74) is 6.42. The van der Waals surface area contributed by atoms with Crippen molar-refractivity contribution in [2.45, 2.75) is 30.7 Å². The molecule has 0 unspecified atom stereocenters. The first-order chi connectivity index (χ1) is 13.2. The second-order valence-corrected chi connectivity index (χ2v) is 8.14. The van der Waals surface area contributed by atoms with Crippen LogP contribution in [0.5, 0.6) is 0 Å². The summed E-state index contributed by atoms with van der Waals surface area (Å²) in [5.74, 6) is -2.71. The van der Waals surface area contributed by atoms with Gasteiger partial charge >= 0.3 is 11.9 Å². The highest BCUT2D eigenvalue weighted by Gasteiger charge is 2.22. The third-order valence-electron chi connectivity index (χ3n) is 3.51. The summed E-state index contributed by atoms with van der Waals surface area (Å²) in [4.78, 5) is 45.6. The number of rotatable bonds is 12. The zero-order valence-corrected chi connectivity index (χ0v) is 17.9. The molecule has 1 aromatic rings. The minimum absolute atomic E-state index is 0.0692. The number of aliphatic carboxylic acids is 2. The number of thioether (sulfide) groups is 1. The van der Waals surface area contributed by atoms with E-state index in [4.69, 9.17) is 15.9 Å². The fraction of sp³-hybridized carbons (Fsp3) is 0.412. The standard InChI is InChI=1S/C17H22IN3O6S/c18-11-3-1-2-10(6-11)8-28-9-13(16(25)20-7-15(23)24)21-14(22)5-4-12(19)17(26)27/h1-3,6,12-13H,4-5,7-9,19H2,(H,20,25)(H,21,22)(H,23,24)(H,26,27)/t12-,13-/m0/s1. The van der Waals surface area contributed by atoms with Gasteiger partial charge in [-0.3, -0.25) is 19.2 Å². The molecule has 9 nitrogen and oxygen atoms in total. The number of nitrogens with two attached hydrogens (primary N) is 1. The molecule has 0 radical (unpaired) electrons. The van der Waals surface area contributed by atoms with Gasteiger partial charge in [0.25, 0.3) is 0 Å². The van der Waals surface area contributed by atoms with Gasteiger partial charge in [-0.25, -0.2) is 0 Å². The van der Waals surface area contributed by atoms with E-state index >= 15 is 0 Å². The summed E-state index contributed by atoms with van der Waals surface area (Å²) >= 11 is 3.61. The van der Waals surface area contributed by atoms with Gasteiger partial charge < -0.3 is 26.6 Å². The van der Waals surface area contributed by atoms with Gasteiger partial charge in [0, 0.05) is 21.5 Å². The number of carboxylic acids is 2. The number of hydrogen-bond donors (Lipinski definition) is 5. The first-order valence-corrected chi connectivity index (χ1v) is 10.5. The van der Waals surface area contributed by atoms with Crippen molar-refractivity contribution >= 4 is 58.1 Å². The molecule has 1 rings (SSSR count). The highest BCUT2D eigenvalue weighted by molar-refractivity contribution is 14.1. The van der Waals surface area contributed by atoms with Gasteiger partial charge in [-0.1, -0.05) is 12.1 Å². The van der Waals surface area contributed by atoms with Gasteiger partial charge in [-0.2, -0.15) is 11.8 Å². The van der Waals surface area contributed by atoms with Crippen LogP contribution in [0.2, 0.25) is 0 Å². The normalized spacial score (nSPS) is 12.6. The Morgan fingerprint density at radius 2 is 1.93 bits per heavy atom. The maximum Gasteiger partial charge on any atom is 0.322 e. The maximum absolute atomic E-state index is 12.2.